The molecule has 0 spiro atoms. The third kappa shape index (κ3) is 7.71. The molecular weight excluding hydrogens is 402 g/mol. The van der Waals surface area contributed by atoms with Crippen molar-refractivity contribution in [1.82, 2.24) is 0 Å². The summed E-state index contributed by atoms with van der Waals surface area (Å²) in [5.74, 6) is -5.94. The maximum atomic E-state index is 13.6. The minimum atomic E-state index is -6.11. The van der Waals surface area contributed by atoms with Crippen molar-refractivity contribution in [1.29, 1.82) is 0 Å². The van der Waals surface area contributed by atoms with Crippen LogP contribution in [0.25, 0.3) is 0 Å². The van der Waals surface area contributed by atoms with Crippen molar-refractivity contribution in [3.8, 4) is 5.75 Å². The highest BCUT2D eigenvalue weighted by Gasteiger charge is 2.66. The lowest BCUT2D eigenvalue weighted by Gasteiger charge is -2.28. The van der Waals surface area contributed by atoms with E-state index < -0.39 is 26.2 Å². The second kappa shape index (κ2) is 9.79. The van der Waals surface area contributed by atoms with Crippen LogP contribution in [-0.2, 0) is 20.5 Å². The van der Waals surface area contributed by atoms with Gasteiger partial charge in [0.2, 0.25) is 0 Å². The Bertz CT molecular complexity index is 633. The number of hydrogen-bond acceptors (Lipinski definition) is 4. The average Bonchev–Trinajstić information content (AvgIpc) is 2.54. The Labute approximate surface area is 152 Å². The van der Waals surface area contributed by atoms with Crippen LogP contribution in [0.4, 0.5) is 22.0 Å². The number of aryl methyl sites for hydroxylation is 1. The summed E-state index contributed by atoms with van der Waals surface area (Å²) in [6.45, 7) is 1.99. The highest BCUT2D eigenvalue weighted by molar-refractivity contribution is 7.46. The Kier molecular flexibility index (Phi) is 8.62. The van der Waals surface area contributed by atoms with E-state index in [1.54, 1.807) is 6.07 Å². The minimum absolute atomic E-state index is 0.336. The van der Waals surface area contributed by atoms with E-state index in [1.165, 1.54) is 12.1 Å². The quantitative estimate of drug-likeness (QED) is 0.134. The van der Waals surface area contributed by atoms with Crippen LogP contribution in [0.5, 0.6) is 5.75 Å². The summed E-state index contributed by atoms with van der Waals surface area (Å²) < 4.78 is 83.8. The van der Waals surface area contributed by atoms with Crippen molar-refractivity contribution in [2.24, 2.45) is 0 Å². The monoisotopic (exact) mass is 422 g/mol. The van der Waals surface area contributed by atoms with Crippen LogP contribution < -0.4 is 4.74 Å². The molecule has 0 fully saturated rings. The van der Waals surface area contributed by atoms with Crippen LogP contribution in [0.1, 0.15) is 38.2 Å². The van der Waals surface area contributed by atoms with Gasteiger partial charge in [-0.3, -0.25) is 0 Å². The summed E-state index contributed by atoms with van der Waals surface area (Å²) in [4.78, 5) is 20.7. The number of phosphoric acid groups is 1. The molecule has 2 N–H and O–H groups in total. The Morgan fingerprint density at radius 1 is 1.07 bits per heavy atom. The number of hydrogen-bond donors (Lipinski definition) is 2. The summed E-state index contributed by atoms with van der Waals surface area (Å²) >= 11 is 0. The van der Waals surface area contributed by atoms with Gasteiger partial charge in [0.15, 0.2) is 0 Å². The van der Waals surface area contributed by atoms with Gasteiger partial charge in [-0.05, 0) is 24.5 Å². The standard InChI is InChI=1S/C15H20F5O6P/c1-2-3-4-5-8-11-9-6-7-10-12(11)24-13(25-26-27(21,22)23)14(16,17)15(18,19)20/h6-7,9-10,13H,2-5,8H2,1H3,(H2,21,22,23). The average molecular weight is 422 g/mol. The van der Waals surface area contributed by atoms with Gasteiger partial charge in [-0.2, -0.15) is 26.8 Å². The van der Waals surface area contributed by atoms with E-state index in [0.717, 1.165) is 25.3 Å². The second-order valence-corrected chi connectivity index (χ2v) is 6.78. The van der Waals surface area contributed by atoms with Gasteiger partial charge in [0, 0.05) is 0 Å². The minimum Gasteiger partial charge on any atom is -0.455 e. The molecule has 0 aliphatic heterocycles. The molecule has 0 saturated heterocycles. The van der Waals surface area contributed by atoms with Gasteiger partial charge in [-0.25, -0.2) is 4.57 Å². The van der Waals surface area contributed by atoms with Crippen LogP contribution in [0.15, 0.2) is 24.3 Å². The Balaban J connectivity index is 3.03. The highest BCUT2D eigenvalue weighted by Crippen LogP contribution is 2.43. The van der Waals surface area contributed by atoms with E-state index in [-0.39, 0.29) is 5.75 Å². The zero-order valence-corrected chi connectivity index (χ0v) is 15.2. The number of ether oxygens (including phenoxy) is 1. The van der Waals surface area contributed by atoms with Crippen molar-refractivity contribution < 1.29 is 50.6 Å². The van der Waals surface area contributed by atoms with Crippen molar-refractivity contribution in [3.63, 3.8) is 0 Å². The third-order valence-electron chi connectivity index (χ3n) is 3.41. The number of para-hydroxylation sites is 1. The summed E-state index contributed by atoms with van der Waals surface area (Å²) in [5, 5.41) is 0. The van der Waals surface area contributed by atoms with E-state index in [0.29, 0.717) is 18.4 Å². The van der Waals surface area contributed by atoms with Gasteiger partial charge in [0.1, 0.15) is 5.75 Å². The predicted molar refractivity (Wildman–Crippen MR) is 83.9 cm³/mol. The molecule has 1 aromatic rings. The Hall–Kier alpha value is -1.26. The Morgan fingerprint density at radius 2 is 1.70 bits per heavy atom. The molecule has 0 bridgehead atoms. The van der Waals surface area contributed by atoms with Crippen LogP contribution in [-0.4, -0.2) is 28.2 Å². The molecule has 27 heavy (non-hydrogen) atoms. The van der Waals surface area contributed by atoms with E-state index >= 15 is 0 Å². The first-order chi connectivity index (χ1) is 12.4. The molecule has 1 aromatic carbocycles. The number of rotatable bonds is 11. The highest BCUT2D eigenvalue weighted by atomic mass is 31.2. The molecule has 0 amide bonds. The van der Waals surface area contributed by atoms with Gasteiger partial charge in [0.05, 0.1) is 0 Å². The van der Waals surface area contributed by atoms with E-state index in [1.807, 2.05) is 6.92 Å². The first-order valence-corrected chi connectivity index (χ1v) is 9.51. The maximum Gasteiger partial charge on any atom is 0.497 e. The largest absolute Gasteiger partial charge is 0.497 e. The van der Waals surface area contributed by atoms with E-state index in [2.05, 4.69) is 14.3 Å². The predicted octanol–water partition coefficient (Wildman–Crippen LogP) is 4.75. The molecule has 0 saturated carbocycles. The van der Waals surface area contributed by atoms with Gasteiger partial charge in [-0.1, -0.05) is 44.4 Å². The number of unbranched alkanes of at least 4 members (excludes halogenated alkanes) is 3. The lowest BCUT2D eigenvalue weighted by atomic mass is 10.1. The summed E-state index contributed by atoms with van der Waals surface area (Å²) in [6.07, 6.45) is -5.87. The topological polar surface area (TPSA) is 85.2 Å². The van der Waals surface area contributed by atoms with Crippen LogP contribution >= 0.6 is 7.82 Å². The fourth-order valence-corrected chi connectivity index (χ4v) is 2.26. The normalized spacial score (nSPS) is 14.2. The molecule has 6 nitrogen and oxygen atoms in total. The molecule has 0 aliphatic carbocycles. The van der Waals surface area contributed by atoms with Crippen LogP contribution in [0.2, 0.25) is 0 Å². The van der Waals surface area contributed by atoms with Crippen molar-refractivity contribution in [2.45, 2.75) is 57.4 Å². The molecule has 1 rings (SSSR count). The summed E-state index contributed by atoms with van der Waals surface area (Å²) in [7, 11) is -5.49. The second-order valence-electron chi connectivity index (χ2n) is 5.65. The molecule has 0 heterocycles. The molecular formula is C15H20F5O6P. The molecule has 0 aromatic heterocycles. The number of halogens is 5. The molecule has 12 heteroatoms. The molecule has 1 unspecified atom stereocenters. The fourth-order valence-electron chi connectivity index (χ4n) is 2.07. The summed E-state index contributed by atoms with van der Waals surface area (Å²) in [5.41, 5.74) is 0.344. The third-order valence-corrected chi connectivity index (χ3v) is 3.69. The first kappa shape index (κ1) is 23.8. The zero-order chi connectivity index (χ0) is 20.7. The van der Waals surface area contributed by atoms with E-state index in [9.17, 15) is 26.5 Å². The van der Waals surface area contributed by atoms with Crippen LogP contribution in [0, 0.1) is 0 Å². The molecule has 0 aliphatic rings. The van der Waals surface area contributed by atoms with Gasteiger partial charge < -0.3 is 14.5 Å². The molecule has 1 atom stereocenters. The van der Waals surface area contributed by atoms with Gasteiger partial charge >= 0.3 is 26.2 Å². The van der Waals surface area contributed by atoms with Crippen molar-refractivity contribution in [3.05, 3.63) is 29.8 Å². The van der Waals surface area contributed by atoms with Crippen molar-refractivity contribution >= 4 is 7.82 Å². The lowest BCUT2D eigenvalue weighted by Crippen LogP contribution is -2.51. The lowest BCUT2D eigenvalue weighted by molar-refractivity contribution is -0.411. The smallest absolute Gasteiger partial charge is 0.455 e. The zero-order valence-electron chi connectivity index (χ0n) is 14.3. The Morgan fingerprint density at radius 3 is 2.26 bits per heavy atom. The SMILES string of the molecule is CCCCCCc1ccccc1OC(OOP(=O)(O)O)C(F)(F)C(F)(F)F. The van der Waals surface area contributed by atoms with Gasteiger partial charge in [0.25, 0.3) is 0 Å². The molecule has 0 radical (unpaired) electrons. The van der Waals surface area contributed by atoms with Gasteiger partial charge in [-0.15, -0.1) is 4.67 Å². The first-order valence-electron chi connectivity index (χ1n) is 7.98. The van der Waals surface area contributed by atoms with E-state index in [4.69, 9.17) is 9.79 Å². The fraction of sp³-hybridized carbons (Fsp3) is 0.600. The van der Waals surface area contributed by atoms with Crippen molar-refractivity contribution in [2.75, 3.05) is 0 Å². The number of benzene rings is 1. The molecule has 156 valence electrons. The maximum absolute atomic E-state index is 13.6. The number of alkyl halides is 5. The van der Waals surface area contributed by atoms with Crippen LogP contribution in [0.3, 0.4) is 0 Å². The summed E-state index contributed by atoms with van der Waals surface area (Å²) in [6, 6.07) is 5.52.